The van der Waals surface area contributed by atoms with Gasteiger partial charge >= 0.3 is 0 Å². The molecule has 0 atom stereocenters. The van der Waals surface area contributed by atoms with Gasteiger partial charge in [-0.1, -0.05) is 12.1 Å². The molecule has 0 unspecified atom stereocenters. The summed E-state index contributed by atoms with van der Waals surface area (Å²) in [6, 6.07) is -0.758. The highest BCUT2D eigenvalue weighted by molar-refractivity contribution is 14.1. The monoisotopic (exact) mass is 223 g/mol. The first kappa shape index (κ1) is 2.56. The molecule has 0 aromatic heterocycles. The number of nitrogens with two attached hydrogens (primary N) is 1. The molecule has 1 nitrogen and oxygen atoms in total. The summed E-state index contributed by atoms with van der Waals surface area (Å²) >= 11 is 1.80. The summed E-state index contributed by atoms with van der Waals surface area (Å²) in [5.74, 6) is 0. The molecule has 0 amide bonds. The predicted octanol–water partition coefficient (Wildman–Crippen LogP) is 1.87. The van der Waals surface area contributed by atoms with Gasteiger partial charge in [0.1, 0.15) is 0 Å². The second-order valence-electron chi connectivity index (χ2n) is 1.23. The fourth-order valence-electron chi connectivity index (χ4n) is 0.307. The number of anilines is 1. The van der Waals surface area contributed by atoms with Crippen molar-refractivity contribution in [2.24, 2.45) is 0 Å². The van der Waals surface area contributed by atoms with Gasteiger partial charge in [-0.3, -0.25) is 0 Å². The molecule has 0 aliphatic rings. The number of halogens is 1. The molecule has 2 N–H and O–H groups in total. The molecule has 1 aromatic rings. The average molecular weight is 223 g/mol. The van der Waals surface area contributed by atoms with E-state index in [1.807, 2.05) is 0 Å². The van der Waals surface area contributed by atoms with Crippen molar-refractivity contribution in [1.82, 2.24) is 0 Å². The van der Waals surface area contributed by atoms with Gasteiger partial charge in [0.05, 0.1) is 5.48 Å². The molecule has 0 fully saturated rings. The van der Waals surface area contributed by atoms with E-state index in [1.54, 1.807) is 22.6 Å². The van der Waals surface area contributed by atoms with Gasteiger partial charge in [-0.2, -0.15) is 0 Å². The van der Waals surface area contributed by atoms with E-state index < -0.39 is 0 Å². The van der Waals surface area contributed by atoms with Crippen molar-refractivity contribution in [3.8, 4) is 0 Å². The first-order chi connectivity index (χ1) is 5.46. The van der Waals surface area contributed by atoms with E-state index in [4.69, 9.17) is 11.2 Å². The Morgan fingerprint density at radius 3 is 2.88 bits per heavy atom. The molecule has 42 valence electrons. The maximum atomic E-state index is 7.34. The van der Waals surface area contributed by atoms with Gasteiger partial charge < -0.3 is 5.73 Å². The van der Waals surface area contributed by atoms with Gasteiger partial charge in [0.15, 0.2) is 0 Å². The lowest BCUT2D eigenvalue weighted by molar-refractivity contribution is 1.63. The highest BCUT2D eigenvalue weighted by atomic mass is 127. The molecule has 0 aliphatic carbocycles. The maximum Gasteiger partial charge on any atom is 0.0645 e. The Morgan fingerprint density at radius 1 is 1.50 bits per heavy atom. The topological polar surface area (TPSA) is 26.0 Å². The van der Waals surface area contributed by atoms with E-state index in [9.17, 15) is 0 Å². The summed E-state index contributed by atoms with van der Waals surface area (Å²) < 4.78 is 29.5. The Kier molecular flexibility index (Phi) is 0.751. The third-order valence-electron chi connectivity index (χ3n) is 0.668. The minimum Gasteiger partial charge on any atom is -0.398 e. The number of para-hydroxylation sites is 1. The van der Waals surface area contributed by atoms with Crippen molar-refractivity contribution >= 4 is 28.3 Å². The van der Waals surface area contributed by atoms with Crippen molar-refractivity contribution in [3.05, 3.63) is 27.7 Å². The number of rotatable bonds is 0. The van der Waals surface area contributed by atoms with Gasteiger partial charge in [-0.05, 0) is 34.7 Å². The number of nitrogen functional groups attached to an aromatic ring is 1. The van der Waals surface area contributed by atoms with Gasteiger partial charge in [-0.15, -0.1) is 0 Å². The summed E-state index contributed by atoms with van der Waals surface area (Å²) in [7, 11) is 0. The van der Waals surface area contributed by atoms with E-state index in [2.05, 4.69) is 0 Å². The second-order valence-corrected chi connectivity index (χ2v) is 2.31. The van der Waals surface area contributed by atoms with Crippen LogP contribution in [0.3, 0.4) is 0 Å². The van der Waals surface area contributed by atoms with Crippen LogP contribution in [0.5, 0.6) is 0 Å². The van der Waals surface area contributed by atoms with Crippen LogP contribution in [0.2, 0.25) is 0 Å². The van der Waals surface area contributed by atoms with Crippen molar-refractivity contribution in [2.45, 2.75) is 0 Å². The molecule has 0 spiro atoms. The van der Waals surface area contributed by atoms with E-state index >= 15 is 0 Å². The van der Waals surface area contributed by atoms with Crippen LogP contribution in [-0.2, 0) is 0 Å². The molecular weight excluding hydrogens is 213 g/mol. The Balaban J connectivity index is 3.60. The quantitative estimate of drug-likeness (QED) is 0.527. The predicted molar refractivity (Wildman–Crippen MR) is 43.6 cm³/mol. The second kappa shape index (κ2) is 2.35. The number of benzene rings is 1. The third-order valence-corrected chi connectivity index (χ3v) is 1.52. The molecule has 8 heavy (non-hydrogen) atoms. The minimum atomic E-state index is -0.280. The van der Waals surface area contributed by atoms with Crippen LogP contribution in [0.4, 0.5) is 5.69 Å². The standard InChI is InChI=1S/C6H6IN/c7-5-3-1-2-4-6(5)8/h1-4H,8H2/i1D,2D,3D,4D. The van der Waals surface area contributed by atoms with Gasteiger partial charge in [0.25, 0.3) is 0 Å². The lowest BCUT2D eigenvalue weighted by Crippen LogP contribution is -1.85. The zero-order valence-electron chi connectivity index (χ0n) is 7.96. The summed E-state index contributed by atoms with van der Waals surface area (Å²) in [5.41, 5.74) is 5.55. The summed E-state index contributed by atoms with van der Waals surface area (Å²) in [6.07, 6.45) is 0. The molecule has 0 aliphatic heterocycles. The van der Waals surface area contributed by atoms with Gasteiger partial charge in [-0.25, -0.2) is 0 Å². The van der Waals surface area contributed by atoms with Crippen LogP contribution in [0.25, 0.3) is 0 Å². The fraction of sp³-hybridized carbons (Fsp3) is 0. The van der Waals surface area contributed by atoms with E-state index in [0.717, 1.165) is 0 Å². The van der Waals surface area contributed by atoms with E-state index in [0.29, 0.717) is 3.57 Å². The zero-order chi connectivity index (χ0) is 9.46. The molecule has 2 heteroatoms. The SMILES string of the molecule is [2H]c1c([2H])c([2H])c(I)c(N)c1[2H]. The number of hydrogen-bond donors (Lipinski definition) is 1. The van der Waals surface area contributed by atoms with Crippen molar-refractivity contribution < 1.29 is 5.48 Å². The summed E-state index contributed by atoms with van der Waals surface area (Å²) in [4.78, 5) is 0. The smallest absolute Gasteiger partial charge is 0.0645 e. The molecule has 0 saturated carbocycles. The highest BCUT2D eigenvalue weighted by Gasteiger charge is 1.86. The molecule has 1 rings (SSSR count). The van der Waals surface area contributed by atoms with E-state index in [1.165, 1.54) is 0 Å². The Hall–Kier alpha value is -0.250. The van der Waals surface area contributed by atoms with E-state index in [-0.39, 0.29) is 29.9 Å². The van der Waals surface area contributed by atoms with Gasteiger partial charge in [0.2, 0.25) is 0 Å². The summed E-state index contributed by atoms with van der Waals surface area (Å²) in [5, 5.41) is 0. The minimum absolute atomic E-state index is 0.0749. The average Bonchev–Trinajstić information content (AvgIpc) is 2.08. The van der Waals surface area contributed by atoms with Gasteiger partial charge in [0, 0.05) is 9.26 Å². The summed E-state index contributed by atoms with van der Waals surface area (Å²) in [6.45, 7) is 0. The molecular formula is C6H6IN. The Bertz CT molecular complexity index is 234. The van der Waals surface area contributed by atoms with Crippen molar-refractivity contribution in [3.63, 3.8) is 0 Å². The third kappa shape index (κ3) is 1.12. The Morgan fingerprint density at radius 2 is 2.12 bits per heavy atom. The van der Waals surface area contributed by atoms with Crippen LogP contribution >= 0.6 is 22.6 Å². The first-order valence-electron chi connectivity index (χ1n) is 3.98. The lowest BCUT2D eigenvalue weighted by atomic mass is 10.3. The molecule has 0 radical (unpaired) electrons. The largest absolute Gasteiger partial charge is 0.398 e. The van der Waals surface area contributed by atoms with Crippen LogP contribution in [0.15, 0.2) is 24.2 Å². The Labute approximate surface area is 67.7 Å². The van der Waals surface area contributed by atoms with Crippen LogP contribution < -0.4 is 5.73 Å². The lowest BCUT2D eigenvalue weighted by Gasteiger charge is -1.91. The molecule has 0 bridgehead atoms. The maximum absolute atomic E-state index is 7.34. The van der Waals surface area contributed by atoms with Crippen molar-refractivity contribution in [2.75, 3.05) is 5.73 Å². The normalized spacial score (nSPS) is 16.1. The number of hydrogen-bond acceptors (Lipinski definition) is 1. The molecule has 0 saturated heterocycles. The molecule has 0 heterocycles. The van der Waals surface area contributed by atoms with Crippen molar-refractivity contribution in [1.29, 1.82) is 0 Å². The highest BCUT2D eigenvalue weighted by Crippen LogP contribution is 2.11. The molecule has 1 aromatic carbocycles. The van der Waals surface area contributed by atoms with Crippen LogP contribution in [-0.4, -0.2) is 0 Å². The van der Waals surface area contributed by atoms with Crippen LogP contribution in [0, 0.1) is 3.57 Å². The fourth-order valence-corrected chi connectivity index (χ4v) is 0.577. The van der Waals surface area contributed by atoms with Crippen LogP contribution in [0.1, 0.15) is 5.48 Å². The zero-order valence-corrected chi connectivity index (χ0v) is 6.11. The first-order valence-corrected chi connectivity index (χ1v) is 3.06.